The molecule has 0 bridgehead atoms. The Morgan fingerprint density at radius 3 is 2.35 bits per heavy atom. The van der Waals surface area contributed by atoms with Gasteiger partial charge in [-0.05, 0) is 37.1 Å². The Bertz CT molecular complexity index is 756. The number of carbonyl (C=O) groups excluding carboxylic acids is 2. The molecule has 1 saturated heterocycles. The molecule has 1 heterocycles. The normalized spacial score (nSPS) is 14.6. The summed E-state index contributed by atoms with van der Waals surface area (Å²) in [6, 6.07) is 16.4. The summed E-state index contributed by atoms with van der Waals surface area (Å²) in [6.45, 7) is 1.20. The van der Waals surface area contributed by atoms with Gasteiger partial charge in [-0.1, -0.05) is 30.3 Å². The molecule has 3 rings (SSSR count). The molecule has 1 aliphatic heterocycles. The lowest BCUT2D eigenvalue weighted by Crippen LogP contribution is -2.47. The number of ether oxygens (including phenoxy) is 1. The quantitative estimate of drug-likeness (QED) is 0.887. The molecule has 0 radical (unpaired) electrons. The van der Waals surface area contributed by atoms with Crippen LogP contribution in [0.4, 0.5) is 10.5 Å². The number of hydrogen-bond acceptors (Lipinski definition) is 3. The van der Waals surface area contributed by atoms with Crippen molar-refractivity contribution in [1.29, 1.82) is 0 Å². The molecule has 6 nitrogen and oxygen atoms in total. The van der Waals surface area contributed by atoms with E-state index in [0.29, 0.717) is 30.1 Å². The Morgan fingerprint density at radius 1 is 1.00 bits per heavy atom. The molecule has 1 aliphatic rings. The van der Waals surface area contributed by atoms with Gasteiger partial charge in [-0.15, -0.1) is 0 Å². The van der Waals surface area contributed by atoms with Crippen LogP contribution in [0, 0.1) is 0 Å². The first kappa shape index (κ1) is 17.8. The fraction of sp³-hybridized carbons (Fsp3) is 0.300. The average molecular weight is 353 g/mol. The maximum absolute atomic E-state index is 12.5. The van der Waals surface area contributed by atoms with Gasteiger partial charge in [0.2, 0.25) is 0 Å². The minimum Gasteiger partial charge on any atom is -0.495 e. The van der Waals surface area contributed by atoms with Gasteiger partial charge in [-0.25, -0.2) is 4.79 Å². The smallest absolute Gasteiger partial charge is 0.321 e. The second-order valence-electron chi connectivity index (χ2n) is 6.23. The molecule has 0 spiro atoms. The van der Waals surface area contributed by atoms with Crippen LogP contribution in [0.2, 0.25) is 0 Å². The number of para-hydroxylation sites is 2. The third-order valence-corrected chi connectivity index (χ3v) is 4.50. The standard InChI is InChI=1S/C20H23N3O3/c1-26-18-10-6-5-9-17(18)22-20(25)23-13-11-16(12-14-23)21-19(24)15-7-3-2-4-8-15/h2-10,16H,11-14H2,1H3,(H,21,24)(H,22,25). The van der Waals surface area contributed by atoms with Crippen molar-refractivity contribution in [3.05, 3.63) is 60.2 Å². The van der Waals surface area contributed by atoms with Crippen LogP contribution in [0.1, 0.15) is 23.2 Å². The van der Waals surface area contributed by atoms with Crippen molar-refractivity contribution in [2.75, 3.05) is 25.5 Å². The second-order valence-corrected chi connectivity index (χ2v) is 6.23. The molecule has 26 heavy (non-hydrogen) atoms. The first-order chi connectivity index (χ1) is 12.7. The highest BCUT2D eigenvalue weighted by molar-refractivity contribution is 5.94. The van der Waals surface area contributed by atoms with Crippen LogP contribution in [-0.2, 0) is 0 Å². The molecule has 2 aromatic rings. The monoisotopic (exact) mass is 353 g/mol. The molecule has 0 saturated carbocycles. The van der Waals surface area contributed by atoms with Gasteiger partial charge in [0.05, 0.1) is 12.8 Å². The summed E-state index contributed by atoms with van der Waals surface area (Å²) < 4.78 is 5.26. The van der Waals surface area contributed by atoms with E-state index in [1.807, 2.05) is 36.4 Å². The third-order valence-electron chi connectivity index (χ3n) is 4.50. The number of nitrogens with one attached hydrogen (secondary N) is 2. The fourth-order valence-corrected chi connectivity index (χ4v) is 3.03. The number of hydrogen-bond donors (Lipinski definition) is 2. The van der Waals surface area contributed by atoms with Crippen LogP contribution in [0.25, 0.3) is 0 Å². The van der Waals surface area contributed by atoms with Gasteiger partial charge in [0.15, 0.2) is 0 Å². The summed E-state index contributed by atoms with van der Waals surface area (Å²) in [5, 5.41) is 5.93. The van der Waals surface area contributed by atoms with Crippen molar-refractivity contribution in [2.24, 2.45) is 0 Å². The van der Waals surface area contributed by atoms with E-state index in [0.717, 1.165) is 12.8 Å². The van der Waals surface area contributed by atoms with Crippen molar-refractivity contribution >= 4 is 17.6 Å². The Kier molecular flexibility index (Phi) is 5.73. The highest BCUT2D eigenvalue weighted by Crippen LogP contribution is 2.24. The topological polar surface area (TPSA) is 70.7 Å². The lowest BCUT2D eigenvalue weighted by molar-refractivity contribution is 0.0919. The van der Waals surface area contributed by atoms with E-state index in [-0.39, 0.29) is 18.0 Å². The number of carbonyl (C=O) groups is 2. The van der Waals surface area contributed by atoms with Gasteiger partial charge in [0, 0.05) is 24.7 Å². The summed E-state index contributed by atoms with van der Waals surface area (Å²) in [7, 11) is 1.58. The zero-order valence-corrected chi connectivity index (χ0v) is 14.8. The lowest BCUT2D eigenvalue weighted by atomic mass is 10.0. The lowest BCUT2D eigenvalue weighted by Gasteiger charge is -2.32. The van der Waals surface area contributed by atoms with Crippen LogP contribution in [0.15, 0.2) is 54.6 Å². The molecule has 6 heteroatoms. The third kappa shape index (κ3) is 4.33. The van der Waals surface area contributed by atoms with Crippen molar-refractivity contribution in [3.8, 4) is 5.75 Å². The molecule has 136 valence electrons. The molecule has 2 N–H and O–H groups in total. The van der Waals surface area contributed by atoms with Crippen LogP contribution in [-0.4, -0.2) is 43.1 Å². The molecule has 0 aliphatic carbocycles. The fourth-order valence-electron chi connectivity index (χ4n) is 3.03. The van der Waals surface area contributed by atoms with E-state index < -0.39 is 0 Å². The van der Waals surface area contributed by atoms with Gasteiger partial charge >= 0.3 is 6.03 Å². The second kappa shape index (κ2) is 8.38. The van der Waals surface area contributed by atoms with E-state index in [9.17, 15) is 9.59 Å². The van der Waals surface area contributed by atoms with Crippen LogP contribution < -0.4 is 15.4 Å². The Hall–Kier alpha value is -3.02. The number of amides is 3. The van der Waals surface area contributed by atoms with Crippen molar-refractivity contribution in [1.82, 2.24) is 10.2 Å². The number of methoxy groups -OCH3 is 1. The molecule has 0 aromatic heterocycles. The molecule has 0 atom stereocenters. The van der Waals surface area contributed by atoms with E-state index in [2.05, 4.69) is 10.6 Å². The highest BCUT2D eigenvalue weighted by Gasteiger charge is 2.24. The predicted molar refractivity (Wildman–Crippen MR) is 101 cm³/mol. The average Bonchev–Trinajstić information content (AvgIpc) is 2.69. The van der Waals surface area contributed by atoms with E-state index >= 15 is 0 Å². The number of piperidine rings is 1. The number of likely N-dealkylation sites (tertiary alicyclic amines) is 1. The summed E-state index contributed by atoms with van der Waals surface area (Å²) in [5.41, 5.74) is 1.31. The van der Waals surface area contributed by atoms with Gasteiger partial charge in [-0.3, -0.25) is 4.79 Å². The van der Waals surface area contributed by atoms with E-state index in [4.69, 9.17) is 4.74 Å². The minimum atomic E-state index is -0.151. The number of urea groups is 1. The molecule has 0 unspecified atom stereocenters. The van der Waals surface area contributed by atoms with Gasteiger partial charge in [-0.2, -0.15) is 0 Å². The minimum absolute atomic E-state index is 0.0671. The number of nitrogens with zero attached hydrogens (tertiary/aromatic N) is 1. The summed E-state index contributed by atoms with van der Waals surface area (Å²) >= 11 is 0. The largest absolute Gasteiger partial charge is 0.495 e. The van der Waals surface area contributed by atoms with Crippen molar-refractivity contribution in [3.63, 3.8) is 0 Å². The molecule has 3 amide bonds. The zero-order chi connectivity index (χ0) is 18.4. The number of anilines is 1. The molecular formula is C20H23N3O3. The van der Waals surface area contributed by atoms with Gasteiger partial charge in [0.25, 0.3) is 5.91 Å². The zero-order valence-electron chi connectivity index (χ0n) is 14.8. The highest BCUT2D eigenvalue weighted by atomic mass is 16.5. The maximum atomic E-state index is 12.5. The predicted octanol–water partition coefficient (Wildman–Crippen LogP) is 3.12. The number of benzene rings is 2. The Balaban J connectivity index is 1.50. The van der Waals surface area contributed by atoms with Crippen molar-refractivity contribution < 1.29 is 14.3 Å². The van der Waals surface area contributed by atoms with Gasteiger partial charge in [0.1, 0.15) is 5.75 Å². The number of rotatable bonds is 4. The van der Waals surface area contributed by atoms with E-state index in [1.54, 1.807) is 30.2 Å². The summed E-state index contributed by atoms with van der Waals surface area (Å²) in [4.78, 5) is 26.4. The van der Waals surface area contributed by atoms with Gasteiger partial charge < -0.3 is 20.3 Å². The summed E-state index contributed by atoms with van der Waals surface area (Å²) in [6.07, 6.45) is 1.47. The molecule has 2 aromatic carbocycles. The van der Waals surface area contributed by atoms with Crippen LogP contribution in [0.5, 0.6) is 5.75 Å². The first-order valence-electron chi connectivity index (χ1n) is 8.72. The molecule has 1 fully saturated rings. The van der Waals surface area contributed by atoms with Crippen LogP contribution >= 0.6 is 0 Å². The van der Waals surface area contributed by atoms with E-state index in [1.165, 1.54) is 0 Å². The first-order valence-corrected chi connectivity index (χ1v) is 8.72. The Morgan fingerprint density at radius 2 is 1.65 bits per heavy atom. The summed E-state index contributed by atoms with van der Waals surface area (Å²) in [5.74, 6) is 0.563. The Labute approximate surface area is 153 Å². The van der Waals surface area contributed by atoms with Crippen LogP contribution in [0.3, 0.4) is 0 Å². The maximum Gasteiger partial charge on any atom is 0.321 e. The SMILES string of the molecule is COc1ccccc1NC(=O)N1CCC(NC(=O)c2ccccc2)CC1. The molecular weight excluding hydrogens is 330 g/mol. The van der Waals surface area contributed by atoms with Crippen molar-refractivity contribution in [2.45, 2.75) is 18.9 Å².